The van der Waals surface area contributed by atoms with Crippen molar-refractivity contribution in [3.8, 4) is 17.6 Å². The van der Waals surface area contributed by atoms with Gasteiger partial charge in [-0.25, -0.2) is 9.46 Å². The molecule has 320 valence electrons. The highest BCUT2D eigenvalue weighted by Gasteiger charge is 2.45. The Morgan fingerprint density at radius 3 is 2.00 bits per heavy atom. The summed E-state index contributed by atoms with van der Waals surface area (Å²) in [7, 11) is 1.20. The molecule has 1 aromatic heterocycles. The Hall–Kier alpha value is -4.97. The Morgan fingerprint density at radius 1 is 0.934 bits per heavy atom. The fraction of sp³-hybridized carbons (Fsp3) is 0.348. The van der Waals surface area contributed by atoms with Crippen molar-refractivity contribution < 1.29 is 33.2 Å². The normalized spacial score (nSPS) is 17.6. The van der Waals surface area contributed by atoms with E-state index in [-0.39, 0.29) is 37.5 Å². The number of halogens is 1. The van der Waals surface area contributed by atoms with Crippen molar-refractivity contribution >= 4 is 36.2 Å². The highest BCUT2D eigenvalue weighted by Crippen LogP contribution is 2.46. The topological polar surface area (TPSA) is 157 Å². The molecule has 0 aliphatic carbocycles. The maximum Gasteiger partial charge on any atom is 0.351 e. The average Bonchev–Trinajstić information content (AvgIpc) is 3.69. The second kappa shape index (κ2) is 20.7. The first kappa shape index (κ1) is 45.6. The third-order valence-corrected chi connectivity index (χ3v) is 13.0. The summed E-state index contributed by atoms with van der Waals surface area (Å²) in [6.07, 6.45) is 0.107. The molecule has 2 N–H and O–H groups in total. The Balaban J connectivity index is 1.38. The molecule has 0 saturated carbocycles. The molecule has 6 rings (SSSR count). The van der Waals surface area contributed by atoms with Crippen LogP contribution in [-0.4, -0.2) is 70.6 Å². The van der Waals surface area contributed by atoms with E-state index in [1.807, 2.05) is 111 Å². The molecule has 1 amide bonds. The van der Waals surface area contributed by atoms with Crippen LogP contribution in [0.2, 0.25) is 0 Å². The Morgan fingerprint density at radius 2 is 1.48 bits per heavy atom. The average molecular weight is 913 g/mol. The molecular formula is C46H51BrN5O8P. The predicted octanol–water partition coefficient (Wildman–Crippen LogP) is 8.68. The number of nitrogens with zero attached hydrogens (tertiary/aromatic N) is 4. The van der Waals surface area contributed by atoms with Gasteiger partial charge in [0.1, 0.15) is 23.3 Å². The second-order valence-electron chi connectivity index (χ2n) is 15.1. The van der Waals surface area contributed by atoms with Gasteiger partial charge in [-0.2, -0.15) is 10.2 Å². The largest absolute Gasteiger partial charge is 0.497 e. The maximum atomic E-state index is 13.8. The second-order valence-corrected chi connectivity index (χ2v) is 17.2. The molecule has 5 atom stereocenters. The number of hydrogen-bond donors (Lipinski definition) is 2. The van der Waals surface area contributed by atoms with Crippen LogP contribution in [0.4, 0.5) is 5.82 Å². The minimum absolute atomic E-state index is 0.00252. The predicted molar refractivity (Wildman–Crippen MR) is 237 cm³/mol. The van der Waals surface area contributed by atoms with E-state index in [1.165, 1.54) is 10.8 Å². The van der Waals surface area contributed by atoms with E-state index in [2.05, 4.69) is 32.3 Å². The summed E-state index contributed by atoms with van der Waals surface area (Å²) >= 11 is 3.50. The van der Waals surface area contributed by atoms with Gasteiger partial charge in [0, 0.05) is 29.8 Å². The smallest absolute Gasteiger partial charge is 0.351 e. The minimum atomic E-state index is -2.02. The Labute approximate surface area is 366 Å². The van der Waals surface area contributed by atoms with Crippen molar-refractivity contribution in [3.63, 3.8) is 0 Å². The number of hydrogen-bond acceptors (Lipinski definition) is 11. The lowest BCUT2D eigenvalue weighted by Crippen LogP contribution is -2.38. The van der Waals surface area contributed by atoms with Crippen molar-refractivity contribution in [1.82, 2.24) is 14.2 Å². The Kier molecular flexibility index (Phi) is 15.5. The van der Waals surface area contributed by atoms with Crippen LogP contribution in [0.1, 0.15) is 67.4 Å². The van der Waals surface area contributed by atoms with E-state index in [4.69, 9.17) is 23.5 Å². The van der Waals surface area contributed by atoms with Crippen LogP contribution in [0.25, 0.3) is 0 Å². The summed E-state index contributed by atoms with van der Waals surface area (Å²) in [6.45, 7) is 7.80. The quantitative estimate of drug-likeness (QED) is 0.0641. The highest BCUT2D eigenvalue weighted by atomic mass is 79.9. The van der Waals surface area contributed by atoms with Gasteiger partial charge in [0.25, 0.3) is 14.4 Å². The number of aromatic nitrogens is 2. The lowest BCUT2D eigenvalue weighted by Gasteiger charge is -2.37. The summed E-state index contributed by atoms with van der Waals surface area (Å²) in [6, 6.07) is 36.2. The number of carbonyl (C=O) groups is 1. The van der Waals surface area contributed by atoms with Crippen LogP contribution in [0.15, 0.2) is 125 Å². The van der Waals surface area contributed by atoms with E-state index < -0.39 is 49.9 Å². The van der Waals surface area contributed by atoms with Crippen LogP contribution < -0.4 is 20.5 Å². The number of carbonyl (C=O) groups excluding carboxylic acids is 1. The number of anilines is 1. The van der Waals surface area contributed by atoms with Crippen molar-refractivity contribution in [2.24, 2.45) is 11.8 Å². The van der Waals surface area contributed by atoms with Gasteiger partial charge in [0.15, 0.2) is 5.82 Å². The monoisotopic (exact) mass is 911 g/mol. The lowest BCUT2D eigenvalue weighted by molar-refractivity contribution is -0.0880. The summed E-state index contributed by atoms with van der Waals surface area (Å²) in [4.78, 5) is 42.2. The van der Waals surface area contributed by atoms with Crippen LogP contribution >= 0.6 is 24.5 Å². The van der Waals surface area contributed by atoms with Crippen molar-refractivity contribution in [2.45, 2.75) is 64.1 Å². The van der Waals surface area contributed by atoms with Gasteiger partial charge >= 0.3 is 5.69 Å². The van der Waals surface area contributed by atoms with Gasteiger partial charge < -0.3 is 33.7 Å². The summed E-state index contributed by atoms with van der Waals surface area (Å²) in [5.41, 5.74) is 0.993. The van der Waals surface area contributed by atoms with Crippen molar-refractivity contribution in [1.29, 1.82) is 5.26 Å². The number of benzene rings is 4. The summed E-state index contributed by atoms with van der Waals surface area (Å²) in [5.74, 6) is -0.337. The van der Waals surface area contributed by atoms with Crippen molar-refractivity contribution in [3.05, 3.63) is 153 Å². The van der Waals surface area contributed by atoms with Crippen LogP contribution in [0.5, 0.6) is 11.5 Å². The molecule has 0 spiro atoms. The lowest BCUT2D eigenvalue weighted by atomic mass is 9.79. The molecule has 15 heteroatoms. The molecule has 2 unspecified atom stereocenters. The molecule has 1 saturated heterocycles. The minimum Gasteiger partial charge on any atom is -0.497 e. The van der Waals surface area contributed by atoms with E-state index in [0.717, 1.165) is 16.7 Å². The number of amides is 1. The van der Waals surface area contributed by atoms with Gasteiger partial charge in [0.05, 0.1) is 50.0 Å². The first-order valence-corrected chi connectivity index (χ1v) is 21.9. The Bertz CT molecular complexity index is 2250. The summed E-state index contributed by atoms with van der Waals surface area (Å²) in [5, 5.41) is 13.4. The number of rotatable bonds is 18. The molecule has 4 aromatic carbocycles. The van der Waals surface area contributed by atoms with E-state index >= 15 is 0 Å². The number of ether oxygens (including phenoxy) is 4. The van der Waals surface area contributed by atoms with Gasteiger partial charge in [-0.15, -0.1) is 0 Å². The molecular weight excluding hydrogens is 861 g/mol. The molecule has 0 radical (unpaired) electrons. The first-order chi connectivity index (χ1) is 29.4. The fourth-order valence-electron chi connectivity index (χ4n) is 7.76. The van der Waals surface area contributed by atoms with Gasteiger partial charge in [-0.3, -0.25) is 9.36 Å². The van der Waals surface area contributed by atoms with Crippen molar-refractivity contribution in [2.75, 3.05) is 32.8 Å². The molecule has 13 nitrogen and oxygen atoms in total. The zero-order chi connectivity index (χ0) is 43.7. The van der Waals surface area contributed by atoms with Gasteiger partial charge in [-0.05, 0) is 103 Å². The van der Waals surface area contributed by atoms with E-state index in [0.29, 0.717) is 21.5 Å². The molecule has 1 aliphatic rings. The molecule has 0 bridgehead atoms. The zero-order valence-corrected chi connectivity index (χ0v) is 37.5. The van der Waals surface area contributed by atoms with Crippen LogP contribution in [0, 0.1) is 23.2 Å². The highest BCUT2D eigenvalue weighted by molar-refractivity contribution is 9.10. The molecule has 61 heavy (non-hydrogen) atoms. The van der Waals surface area contributed by atoms with E-state index in [1.54, 1.807) is 44.6 Å². The standard InChI is InChI=1S/C46H51BrN5O8P/c1-30(2)52(31(3)4)61(55)59-28-33(26-48)39-25-42(51-27-40(47)43(50-45(51)54)49-44(53)32-13-9-7-10-14-32)60-41(39)29-58-46(34-15-11-8-12-16-34,35-17-21-37(56-5)22-18-35)36-19-23-38(57-6)24-20-36/h7-24,27,30-31,33,39,41-42,55H,25,28-29H2,1-6H3,(H,49,50,53,54)/t33-,39-,41?,42+,61?/m0/s1. The van der Waals surface area contributed by atoms with E-state index in [9.17, 15) is 19.7 Å². The molecule has 5 aromatic rings. The fourth-order valence-corrected chi connectivity index (χ4v) is 9.39. The molecule has 1 aliphatic heterocycles. The van der Waals surface area contributed by atoms with Gasteiger partial charge in [-0.1, -0.05) is 72.8 Å². The number of nitrogens with one attached hydrogen (secondary N) is 1. The number of nitriles is 1. The maximum absolute atomic E-state index is 13.8. The third-order valence-electron chi connectivity index (χ3n) is 10.7. The van der Waals surface area contributed by atoms with Gasteiger partial charge in [0.2, 0.25) is 0 Å². The first-order valence-electron chi connectivity index (χ1n) is 20.0. The van der Waals surface area contributed by atoms with Crippen LogP contribution in [0.3, 0.4) is 0 Å². The van der Waals surface area contributed by atoms with Crippen LogP contribution in [-0.2, 0) is 19.6 Å². The number of methoxy groups -OCH3 is 2. The SMILES string of the molecule is COc1ccc(C(OCC2O[C@@H](n3cc(Br)c(NC(=O)c4ccccc4)nc3=O)C[C@H]2[C@@H](C#N)COP(O)N(C(C)C)C(C)C)(c2ccccc2)c2ccc(OC)cc2)cc1. The molecule has 2 heterocycles. The third kappa shape index (κ3) is 10.4. The summed E-state index contributed by atoms with van der Waals surface area (Å²) < 4.78 is 34.7. The molecule has 1 fully saturated rings. The zero-order valence-electron chi connectivity index (χ0n) is 35.0.